The molecule has 1 fully saturated rings. The second kappa shape index (κ2) is 8.37. The molecule has 0 bridgehead atoms. The van der Waals surface area contributed by atoms with Crippen molar-refractivity contribution in [2.75, 3.05) is 27.2 Å². The van der Waals surface area contributed by atoms with Crippen molar-refractivity contribution in [3.8, 4) is 0 Å². The molecule has 1 unspecified atom stereocenters. The first kappa shape index (κ1) is 18.0. The molecule has 1 atom stereocenters. The summed E-state index contributed by atoms with van der Waals surface area (Å²) in [6.07, 6.45) is 5.29. The fourth-order valence-corrected chi connectivity index (χ4v) is 2.64. The highest BCUT2D eigenvalue weighted by molar-refractivity contribution is 6.03. The highest BCUT2D eigenvalue weighted by Gasteiger charge is 2.52. The molecule has 0 radical (unpaired) electrons. The van der Waals surface area contributed by atoms with Crippen LogP contribution in [0.2, 0.25) is 0 Å². The molecule has 1 aliphatic carbocycles. The Morgan fingerprint density at radius 1 is 1.29 bits per heavy atom. The zero-order valence-corrected chi connectivity index (χ0v) is 13.9. The summed E-state index contributed by atoms with van der Waals surface area (Å²) in [6, 6.07) is 0.103. The number of nitrogens with one attached hydrogen (secondary N) is 1. The SMILES string of the molecule is CCOC(=O)C1(C(=O)NC(C)CCCCN(C)C)CCC1. The fourth-order valence-electron chi connectivity index (χ4n) is 2.64. The summed E-state index contributed by atoms with van der Waals surface area (Å²) in [7, 11) is 4.12. The van der Waals surface area contributed by atoms with E-state index in [2.05, 4.69) is 24.3 Å². The minimum Gasteiger partial charge on any atom is -0.465 e. The number of esters is 1. The van der Waals surface area contributed by atoms with E-state index in [0.717, 1.165) is 32.2 Å². The maximum absolute atomic E-state index is 12.4. The second-order valence-corrected chi connectivity index (χ2v) is 6.33. The molecule has 0 spiro atoms. The maximum Gasteiger partial charge on any atom is 0.321 e. The maximum atomic E-state index is 12.4. The first-order chi connectivity index (χ1) is 9.92. The lowest BCUT2D eigenvalue weighted by Crippen LogP contribution is -2.53. The largest absolute Gasteiger partial charge is 0.465 e. The Balaban J connectivity index is 2.38. The Morgan fingerprint density at radius 3 is 2.43 bits per heavy atom. The predicted octanol–water partition coefficient (Wildman–Crippen LogP) is 1.96. The summed E-state index contributed by atoms with van der Waals surface area (Å²) in [4.78, 5) is 26.6. The Labute approximate surface area is 128 Å². The van der Waals surface area contributed by atoms with Gasteiger partial charge >= 0.3 is 5.97 Å². The third-order valence-corrected chi connectivity index (χ3v) is 4.18. The molecule has 1 aliphatic rings. The van der Waals surface area contributed by atoms with Crippen LogP contribution >= 0.6 is 0 Å². The average Bonchev–Trinajstić information content (AvgIpc) is 2.33. The Kier molecular flexibility index (Phi) is 7.15. The molecule has 5 nitrogen and oxygen atoms in total. The van der Waals surface area contributed by atoms with Gasteiger partial charge in [-0.3, -0.25) is 9.59 Å². The first-order valence-electron chi connectivity index (χ1n) is 8.05. The molecule has 0 aromatic rings. The van der Waals surface area contributed by atoms with Crippen LogP contribution in [0.4, 0.5) is 0 Å². The number of rotatable bonds is 9. The van der Waals surface area contributed by atoms with E-state index in [-0.39, 0.29) is 17.9 Å². The van der Waals surface area contributed by atoms with Gasteiger partial charge in [0, 0.05) is 6.04 Å². The number of unbranched alkanes of at least 4 members (excludes halogenated alkanes) is 1. The van der Waals surface area contributed by atoms with Crippen molar-refractivity contribution in [3.05, 3.63) is 0 Å². The number of amides is 1. The van der Waals surface area contributed by atoms with Crippen LogP contribution in [0.3, 0.4) is 0 Å². The summed E-state index contributed by atoms with van der Waals surface area (Å²) < 4.78 is 5.07. The number of hydrogen-bond donors (Lipinski definition) is 1. The molecule has 0 aromatic carbocycles. The van der Waals surface area contributed by atoms with Gasteiger partial charge < -0.3 is 15.0 Å². The Morgan fingerprint density at radius 2 is 1.95 bits per heavy atom. The van der Waals surface area contributed by atoms with E-state index in [1.807, 2.05) is 6.92 Å². The van der Waals surface area contributed by atoms with E-state index >= 15 is 0 Å². The smallest absolute Gasteiger partial charge is 0.321 e. The molecule has 1 rings (SSSR count). The van der Waals surface area contributed by atoms with Crippen molar-refractivity contribution in [2.45, 2.75) is 58.4 Å². The minimum atomic E-state index is -0.909. The first-order valence-corrected chi connectivity index (χ1v) is 8.05. The summed E-state index contributed by atoms with van der Waals surface area (Å²) >= 11 is 0. The van der Waals surface area contributed by atoms with Crippen LogP contribution in [0.15, 0.2) is 0 Å². The Hall–Kier alpha value is -1.10. The van der Waals surface area contributed by atoms with Crippen LogP contribution in [-0.2, 0) is 14.3 Å². The van der Waals surface area contributed by atoms with Crippen LogP contribution in [0.5, 0.6) is 0 Å². The highest BCUT2D eigenvalue weighted by atomic mass is 16.5. The van der Waals surface area contributed by atoms with Crippen molar-refractivity contribution in [3.63, 3.8) is 0 Å². The van der Waals surface area contributed by atoms with E-state index in [0.29, 0.717) is 19.4 Å². The lowest BCUT2D eigenvalue weighted by molar-refractivity contribution is -0.167. The van der Waals surface area contributed by atoms with Crippen molar-refractivity contribution in [2.24, 2.45) is 5.41 Å². The van der Waals surface area contributed by atoms with Gasteiger partial charge in [-0.2, -0.15) is 0 Å². The van der Waals surface area contributed by atoms with E-state index in [1.165, 1.54) is 0 Å². The van der Waals surface area contributed by atoms with Crippen molar-refractivity contribution < 1.29 is 14.3 Å². The molecule has 21 heavy (non-hydrogen) atoms. The lowest BCUT2D eigenvalue weighted by Gasteiger charge is -2.38. The third kappa shape index (κ3) is 4.99. The molecular formula is C16H30N2O3. The number of carbonyl (C=O) groups excluding carboxylic acids is 2. The summed E-state index contributed by atoms with van der Waals surface area (Å²) in [5, 5.41) is 3.00. The zero-order chi connectivity index (χ0) is 15.9. The topological polar surface area (TPSA) is 58.6 Å². The Bertz CT molecular complexity index is 351. The van der Waals surface area contributed by atoms with Crippen LogP contribution in [0.1, 0.15) is 52.4 Å². The lowest BCUT2D eigenvalue weighted by atomic mass is 9.68. The van der Waals surface area contributed by atoms with Gasteiger partial charge in [0.05, 0.1) is 6.61 Å². The van der Waals surface area contributed by atoms with Gasteiger partial charge in [0.25, 0.3) is 0 Å². The van der Waals surface area contributed by atoms with Crippen LogP contribution in [-0.4, -0.2) is 50.1 Å². The monoisotopic (exact) mass is 298 g/mol. The summed E-state index contributed by atoms with van der Waals surface area (Å²) in [5.41, 5.74) is -0.909. The van der Waals surface area contributed by atoms with E-state index in [1.54, 1.807) is 6.92 Å². The van der Waals surface area contributed by atoms with Gasteiger partial charge in [-0.25, -0.2) is 0 Å². The molecule has 122 valence electrons. The van der Waals surface area contributed by atoms with E-state index in [4.69, 9.17) is 4.74 Å². The van der Waals surface area contributed by atoms with Gasteiger partial charge in [-0.15, -0.1) is 0 Å². The minimum absolute atomic E-state index is 0.103. The molecule has 1 N–H and O–H groups in total. The zero-order valence-electron chi connectivity index (χ0n) is 13.9. The number of ether oxygens (including phenoxy) is 1. The average molecular weight is 298 g/mol. The second-order valence-electron chi connectivity index (χ2n) is 6.33. The summed E-state index contributed by atoms with van der Waals surface area (Å²) in [5.74, 6) is -0.499. The van der Waals surface area contributed by atoms with E-state index in [9.17, 15) is 9.59 Å². The van der Waals surface area contributed by atoms with E-state index < -0.39 is 5.41 Å². The van der Waals surface area contributed by atoms with Crippen molar-refractivity contribution in [1.29, 1.82) is 0 Å². The van der Waals surface area contributed by atoms with Crippen molar-refractivity contribution >= 4 is 11.9 Å². The van der Waals surface area contributed by atoms with Gasteiger partial charge in [-0.05, 0) is 60.2 Å². The predicted molar refractivity (Wildman–Crippen MR) is 82.9 cm³/mol. The van der Waals surface area contributed by atoms with Gasteiger partial charge in [-0.1, -0.05) is 12.8 Å². The van der Waals surface area contributed by atoms with Gasteiger partial charge in [0.1, 0.15) is 5.41 Å². The number of hydrogen-bond acceptors (Lipinski definition) is 4. The molecule has 1 saturated carbocycles. The van der Waals surface area contributed by atoms with Gasteiger partial charge in [0.2, 0.25) is 5.91 Å². The standard InChI is InChI=1S/C16H30N2O3/c1-5-21-15(20)16(10-8-11-16)14(19)17-13(2)9-6-7-12-18(3)4/h13H,5-12H2,1-4H3,(H,17,19). The highest BCUT2D eigenvalue weighted by Crippen LogP contribution is 2.42. The van der Waals surface area contributed by atoms with Crippen LogP contribution < -0.4 is 5.32 Å². The fraction of sp³-hybridized carbons (Fsp3) is 0.875. The molecular weight excluding hydrogens is 268 g/mol. The number of carbonyl (C=O) groups is 2. The third-order valence-electron chi connectivity index (χ3n) is 4.18. The normalized spacial score (nSPS) is 18.0. The quantitative estimate of drug-likeness (QED) is 0.401. The van der Waals surface area contributed by atoms with Crippen LogP contribution in [0.25, 0.3) is 0 Å². The van der Waals surface area contributed by atoms with Gasteiger partial charge in [0.15, 0.2) is 0 Å². The number of nitrogens with zero attached hydrogens (tertiary/aromatic N) is 1. The molecule has 0 heterocycles. The molecule has 5 heteroatoms. The molecule has 0 aromatic heterocycles. The summed E-state index contributed by atoms with van der Waals surface area (Å²) in [6.45, 7) is 5.17. The molecule has 0 saturated heterocycles. The van der Waals surface area contributed by atoms with Crippen molar-refractivity contribution in [1.82, 2.24) is 10.2 Å². The van der Waals surface area contributed by atoms with Crippen LogP contribution in [0, 0.1) is 5.41 Å². The molecule has 0 aliphatic heterocycles. The molecule has 1 amide bonds.